The zero-order valence-corrected chi connectivity index (χ0v) is 20.0. The zero-order valence-electron chi connectivity index (χ0n) is 17.6. The molecule has 2 N–H and O–H groups in total. The average molecular weight is 498 g/mol. The molecule has 0 radical (unpaired) electrons. The van der Waals surface area contributed by atoms with Crippen molar-refractivity contribution in [1.29, 1.82) is 0 Å². The molecule has 1 amide bonds. The number of imidazole rings is 1. The summed E-state index contributed by atoms with van der Waals surface area (Å²) in [5.41, 5.74) is 2.22. The highest BCUT2D eigenvalue weighted by Crippen LogP contribution is 2.32. The average Bonchev–Trinajstić information content (AvgIpc) is 3.27. The smallest absolute Gasteiger partial charge is 0.234 e. The van der Waals surface area contributed by atoms with Crippen LogP contribution in [0.3, 0.4) is 0 Å². The number of rotatable bonds is 7. The SMILES string of the molecule is Cc1ccc(NC(=O)CSc2nc(-c3ccccc3)[nH]c2S(=O)(=O)c2ccccc2)cc1Cl. The van der Waals surface area contributed by atoms with Crippen LogP contribution in [0.2, 0.25) is 5.02 Å². The normalized spacial score (nSPS) is 11.3. The molecule has 9 heteroatoms. The van der Waals surface area contributed by atoms with Crippen LogP contribution in [0.5, 0.6) is 0 Å². The van der Waals surface area contributed by atoms with Crippen molar-refractivity contribution in [3.63, 3.8) is 0 Å². The van der Waals surface area contributed by atoms with Crippen LogP contribution in [-0.4, -0.2) is 30.0 Å². The summed E-state index contributed by atoms with van der Waals surface area (Å²) in [5.74, 6) is 0.0904. The third kappa shape index (κ3) is 5.30. The van der Waals surface area contributed by atoms with Gasteiger partial charge in [-0.15, -0.1) is 0 Å². The first-order valence-electron chi connectivity index (χ1n) is 9.99. The second-order valence-corrected chi connectivity index (χ2v) is 10.5. The van der Waals surface area contributed by atoms with E-state index >= 15 is 0 Å². The predicted octanol–water partition coefficient (Wildman–Crippen LogP) is 5.60. The van der Waals surface area contributed by atoms with E-state index in [1.165, 1.54) is 12.1 Å². The van der Waals surface area contributed by atoms with Crippen LogP contribution in [0.15, 0.2) is 93.8 Å². The fraction of sp³-hybridized carbons (Fsp3) is 0.0833. The summed E-state index contributed by atoms with van der Waals surface area (Å²) in [6.45, 7) is 1.88. The number of carbonyl (C=O) groups is 1. The van der Waals surface area contributed by atoms with E-state index in [0.29, 0.717) is 16.5 Å². The Morgan fingerprint density at radius 3 is 2.36 bits per heavy atom. The Balaban J connectivity index is 1.61. The van der Waals surface area contributed by atoms with Gasteiger partial charge in [-0.2, -0.15) is 0 Å². The molecule has 1 heterocycles. The number of nitrogens with zero attached hydrogens (tertiary/aromatic N) is 1. The van der Waals surface area contributed by atoms with E-state index in [9.17, 15) is 13.2 Å². The molecule has 0 saturated heterocycles. The van der Waals surface area contributed by atoms with Crippen LogP contribution in [-0.2, 0) is 14.6 Å². The number of benzene rings is 3. The summed E-state index contributed by atoms with van der Waals surface area (Å²) in [6.07, 6.45) is 0. The molecule has 0 aliphatic heterocycles. The van der Waals surface area contributed by atoms with Crippen LogP contribution in [0.25, 0.3) is 11.4 Å². The quantitative estimate of drug-likeness (QED) is 0.324. The van der Waals surface area contributed by atoms with E-state index in [1.807, 2.05) is 43.3 Å². The van der Waals surface area contributed by atoms with Crippen molar-refractivity contribution < 1.29 is 13.2 Å². The zero-order chi connectivity index (χ0) is 23.4. The van der Waals surface area contributed by atoms with E-state index in [1.54, 1.807) is 30.3 Å². The van der Waals surface area contributed by atoms with Gasteiger partial charge in [0.15, 0.2) is 5.03 Å². The number of amides is 1. The van der Waals surface area contributed by atoms with Gasteiger partial charge in [-0.05, 0) is 36.8 Å². The number of H-pyrrole nitrogens is 1. The molecule has 6 nitrogen and oxygen atoms in total. The van der Waals surface area contributed by atoms with Crippen LogP contribution in [0.1, 0.15) is 5.56 Å². The number of thioether (sulfide) groups is 1. The maximum absolute atomic E-state index is 13.3. The van der Waals surface area contributed by atoms with Crippen molar-refractivity contribution in [1.82, 2.24) is 9.97 Å². The van der Waals surface area contributed by atoms with Gasteiger partial charge in [-0.1, -0.05) is 78.0 Å². The number of aromatic nitrogens is 2. The molecule has 4 rings (SSSR count). The van der Waals surface area contributed by atoms with E-state index in [0.717, 1.165) is 22.9 Å². The van der Waals surface area contributed by atoms with Gasteiger partial charge in [-0.3, -0.25) is 4.79 Å². The second kappa shape index (κ2) is 9.82. The lowest BCUT2D eigenvalue weighted by Gasteiger charge is -2.07. The summed E-state index contributed by atoms with van der Waals surface area (Å²) in [5, 5.41) is 3.52. The highest BCUT2D eigenvalue weighted by atomic mass is 35.5. The van der Waals surface area contributed by atoms with Gasteiger partial charge in [-0.25, -0.2) is 13.4 Å². The topological polar surface area (TPSA) is 91.9 Å². The number of hydrogen-bond donors (Lipinski definition) is 2. The molecule has 0 fully saturated rings. The Labute approximate surface area is 201 Å². The first-order valence-corrected chi connectivity index (χ1v) is 12.8. The van der Waals surface area contributed by atoms with Gasteiger partial charge in [0.1, 0.15) is 10.9 Å². The minimum atomic E-state index is -3.86. The van der Waals surface area contributed by atoms with Crippen molar-refractivity contribution >= 4 is 44.8 Å². The fourth-order valence-electron chi connectivity index (χ4n) is 3.07. The summed E-state index contributed by atoms with van der Waals surface area (Å²) in [7, 11) is -3.86. The lowest BCUT2D eigenvalue weighted by atomic mass is 10.2. The Kier molecular flexibility index (Phi) is 6.88. The first-order chi connectivity index (χ1) is 15.8. The van der Waals surface area contributed by atoms with Gasteiger partial charge in [0, 0.05) is 16.3 Å². The van der Waals surface area contributed by atoms with Crippen molar-refractivity contribution in [2.45, 2.75) is 21.9 Å². The molecule has 0 aliphatic carbocycles. The van der Waals surface area contributed by atoms with Crippen LogP contribution < -0.4 is 5.32 Å². The molecule has 0 saturated carbocycles. The van der Waals surface area contributed by atoms with Gasteiger partial charge in [0.05, 0.1) is 10.6 Å². The molecule has 168 valence electrons. The third-order valence-corrected chi connectivity index (χ3v) is 8.04. The summed E-state index contributed by atoms with van der Waals surface area (Å²) in [6, 6.07) is 22.6. The number of halogens is 1. The largest absolute Gasteiger partial charge is 0.328 e. The number of sulfone groups is 1. The number of nitrogens with one attached hydrogen (secondary N) is 2. The minimum absolute atomic E-state index is 0.0259. The van der Waals surface area contributed by atoms with Crippen molar-refractivity contribution in [3.8, 4) is 11.4 Å². The number of hydrogen-bond acceptors (Lipinski definition) is 5. The summed E-state index contributed by atoms with van der Waals surface area (Å²) < 4.78 is 26.6. The van der Waals surface area contributed by atoms with E-state index < -0.39 is 9.84 Å². The molecule has 0 aliphatic rings. The molecule has 3 aromatic carbocycles. The molecule has 0 unspecified atom stereocenters. The Hall–Kier alpha value is -3.07. The van der Waals surface area contributed by atoms with Crippen molar-refractivity contribution in [2.24, 2.45) is 0 Å². The highest BCUT2D eigenvalue weighted by Gasteiger charge is 2.26. The molecule has 0 spiro atoms. The van der Waals surface area contributed by atoms with Gasteiger partial charge in [0.2, 0.25) is 15.7 Å². The molecular formula is C24H20ClN3O3S2. The lowest BCUT2D eigenvalue weighted by molar-refractivity contribution is -0.113. The van der Waals surface area contributed by atoms with Gasteiger partial charge < -0.3 is 10.3 Å². The fourth-order valence-corrected chi connectivity index (χ4v) is 5.70. The third-order valence-electron chi connectivity index (χ3n) is 4.80. The second-order valence-electron chi connectivity index (χ2n) is 7.20. The van der Waals surface area contributed by atoms with E-state index in [-0.39, 0.29) is 26.6 Å². The number of anilines is 1. The van der Waals surface area contributed by atoms with E-state index in [2.05, 4.69) is 15.3 Å². The number of aromatic amines is 1. The van der Waals surface area contributed by atoms with Gasteiger partial charge >= 0.3 is 0 Å². The standard InChI is InChI=1S/C24H20ClN3O3S2/c1-16-12-13-18(14-20(16)25)26-21(29)15-32-23-24(33(30,31)19-10-6-3-7-11-19)28-22(27-23)17-8-4-2-5-9-17/h2-14H,15H2,1H3,(H,26,29)(H,27,28). The Morgan fingerprint density at radius 1 is 1.03 bits per heavy atom. The molecule has 0 bridgehead atoms. The highest BCUT2D eigenvalue weighted by molar-refractivity contribution is 8.00. The minimum Gasteiger partial charge on any atom is -0.328 e. The molecule has 33 heavy (non-hydrogen) atoms. The van der Waals surface area contributed by atoms with Crippen LogP contribution >= 0.6 is 23.4 Å². The van der Waals surface area contributed by atoms with Crippen molar-refractivity contribution in [2.75, 3.05) is 11.1 Å². The molecule has 0 atom stereocenters. The molecule has 1 aromatic heterocycles. The molecular weight excluding hydrogens is 478 g/mol. The number of aryl methyl sites for hydroxylation is 1. The summed E-state index contributed by atoms with van der Waals surface area (Å²) in [4.78, 5) is 20.1. The van der Waals surface area contributed by atoms with E-state index in [4.69, 9.17) is 11.6 Å². The number of carbonyl (C=O) groups excluding carboxylic acids is 1. The van der Waals surface area contributed by atoms with Crippen LogP contribution in [0, 0.1) is 6.92 Å². The maximum atomic E-state index is 13.3. The Bertz CT molecular complexity index is 1390. The monoisotopic (exact) mass is 497 g/mol. The first kappa shape index (κ1) is 23.1. The predicted molar refractivity (Wildman–Crippen MR) is 131 cm³/mol. The Morgan fingerprint density at radius 2 is 1.70 bits per heavy atom. The lowest BCUT2D eigenvalue weighted by Crippen LogP contribution is -2.14. The van der Waals surface area contributed by atoms with Gasteiger partial charge in [0.25, 0.3) is 0 Å². The summed E-state index contributed by atoms with van der Waals surface area (Å²) >= 11 is 7.18. The van der Waals surface area contributed by atoms with Crippen molar-refractivity contribution in [3.05, 3.63) is 89.4 Å². The maximum Gasteiger partial charge on any atom is 0.234 e. The van der Waals surface area contributed by atoms with Crippen LogP contribution in [0.4, 0.5) is 5.69 Å². The molecule has 4 aromatic rings.